The third-order valence-corrected chi connectivity index (χ3v) is 3.86. The number of nitrogens with one attached hydrogen (secondary N) is 2. The molecule has 0 spiro atoms. The molecule has 3 aromatic rings. The van der Waals surface area contributed by atoms with E-state index in [1.165, 1.54) is 31.4 Å². The van der Waals surface area contributed by atoms with Gasteiger partial charge >= 0.3 is 17.8 Å². The molecule has 0 saturated carbocycles. The van der Waals surface area contributed by atoms with E-state index < -0.39 is 17.8 Å². The minimum Gasteiger partial charge on any atom is -0.465 e. The van der Waals surface area contributed by atoms with Crippen molar-refractivity contribution in [3.05, 3.63) is 84.4 Å². The third kappa shape index (κ3) is 5.43. The van der Waals surface area contributed by atoms with Crippen LogP contribution in [0.5, 0.6) is 11.5 Å². The van der Waals surface area contributed by atoms with Crippen LogP contribution in [0.15, 0.2) is 78.9 Å². The fourth-order valence-corrected chi connectivity index (χ4v) is 2.41. The molecule has 29 heavy (non-hydrogen) atoms. The number of para-hydroxylation sites is 1. The van der Waals surface area contributed by atoms with Crippen LogP contribution in [0.4, 0.5) is 11.4 Å². The molecule has 0 atom stereocenters. The van der Waals surface area contributed by atoms with E-state index in [4.69, 9.17) is 4.74 Å². The fourth-order valence-electron chi connectivity index (χ4n) is 2.41. The number of carbonyl (C=O) groups excluding carboxylic acids is 3. The lowest BCUT2D eigenvalue weighted by Crippen LogP contribution is -2.29. The van der Waals surface area contributed by atoms with Gasteiger partial charge in [0.15, 0.2) is 0 Å². The monoisotopic (exact) mass is 390 g/mol. The topological polar surface area (TPSA) is 93.7 Å². The fraction of sp³-hybridized carbons (Fsp3) is 0.0455. The van der Waals surface area contributed by atoms with E-state index in [2.05, 4.69) is 15.4 Å². The van der Waals surface area contributed by atoms with Crippen molar-refractivity contribution in [2.75, 3.05) is 17.7 Å². The lowest BCUT2D eigenvalue weighted by molar-refractivity contribution is -0.132. The van der Waals surface area contributed by atoms with E-state index in [-0.39, 0.29) is 0 Å². The van der Waals surface area contributed by atoms with Gasteiger partial charge in [-0.25, -0.2) is 4.79 Å². The van der Waals surface area contributed by atoms with E-state index in [9.17, 15) is 14.4 Å². The zero-order valence-electron chi connectivity index (χ0n) is 15.5. The Hall–Kier alpha value is -4.13. The number of carbonyl (C=O) groups is 3. The largest absolute Gasteiger partial charge is 0.465 e. The highest BCUT2D eigenvalue weighted by atomic mass is 16.5. The second-order valence-corrected chi connectivity index (χ2v) is 5.92. The van der Waals surface area contributed by atoms with Gasteiger partial charge in [-0.05, 0) is 60.7 Å². The Labute approximate surface area is 167 Å². The molecule has 146 valence electrons. The second kappa shape index (κ2) is 9.18. The summed E-state index contributed by atoms with van der Waals surface area (Å²) >= 11 is 0. The molecule has 2 N–H and O–H groups in total. The third-order valence-electron chi connectivity index (χ3n) is 3.86. The maximum Gasteiger partial charge on any atom is 0.337 e. The van der Waals surface area contributed by atoms with Crippen molar-refractivity contribution < 1.29 is 23.9 Å². The number of amides is 2. The Morgan fingerprint density at radius 1 is 0.655 bits per heavy atom. The van der Waals surface area contributed by atoms with Crippen LogP contribution in [-0.2, 0) is 14.3 Å². The highest BCUT2D eigenvalue weighted by Gasteiger charge is 2.14. The van der Waals surface area contributed by atoms with Gasteiger partial charge in [0.2, 0.25) is 0 Å². The van der Waals surface area contributed by atoms with Crippen molar-refractivity contribution in [1.82, 2.24) is 0 Å². The average Bonchev–Trinajstić information content (AvgIpc) is 2.75. The minimum atomic E-state index is -0.833. The van der Waals surface area contributed by atoms with E-state index in [1.807, 2.05) is 30.3 Å². The molecule has 0 aliphatic heterocycles. The van der Waals surface area contributed by atoms with Gasteiger partial charge in [0, 0.05) is 11.4 Å². The number of esters is 1. The molecule has 2 amide bonds. The summed E-state index contributed by atoms with van der Waals surface area (Å²) in [5.41, 5.74) is 1.17. The van der Waals surface area contributed by atoms with Crippen molar-refractivity contribution in [2.45, 2.75) is 0 Å². The van der Waals surface area contributed by atoms with Gasteiger partial charge in [0.25, 0.3) is 0 Å². The summed E-state index contributed by atoms with van der Waals surface area (Å²) in [5.74, 6) is -0.842. The Bertz CT molecular complexity index is 1000. The van der Waals surface area contributed by atoms with Crippen LogP contribution in [0, 0.1) is 0 Å². The summed E-state index contributed by atoms with van der Waals surface area (Å²) in [6.07, 6.45) is 0. The normalized spacial score (nSPS) is 9.97. The van der Waals surface area contributed by atoms with Crippen molar-refractivity contribution in [3.63, 3.8) is 0 Å². The molecule has 7 heteroatoms. The molecule has 0 saturated heterocycles. The second-order valence-electron chi connectivity index (χ2n) is 5.92. The van der Waals surface area contributed by atoms with Crippen LogP contribution >= 0.6 is 0 Å². The first-order chi connectivity index (χ1) is 14.0. The first-order valence-corrected chi connectivity index (χ1v) is 8.69. The van der Waals surface area contributed by atoms with Crippen molar-refractivity contribution >= 4 is 29.2 Å². The smallest absolute Gasteiger partial charge is 0.337 e. The standard InChI is InChI=1S/C22H18N2O5/c1-28-22(27)15-7-9-16(10-8-15)23-20(25)21(26)24-17-11-13-19(14-12-17)29-18-5-3-2-4-6-18/h2-14H,1H3,(H,23,25)(H,24,26). The molecular formula is C22H18N2O5. The van der Waals surface area contributed by atoms with E-state index in [0.717, 1.165) is 0 Å². The molecule has 7 nitrogen and oxygen atoms in total. The molecule has 0 aliphatic carbocycles. The van der Waals surface area contributed by atoms with Crippen LogP contribution in [-0.4, -0.2) is 24.9 Å². The van der Waals surface area contributed by atoms with Gasteiger partial charge in [0.1, 0.15) is 11.5 Å². The summed E-state index contributed by atoms with van der Waals surface area (Å²) in [6.45, 7) is 0. The van der Waals surface area contributed by atoms with Crippen LogP contribution in [0.2, 0.25) is 0 Å². The number of benzene rings is 3. The predicted molar refractivity (Wildman–Crippen MR) is 108 cm³/mol. The van der Waals surface area contributed by atoms with Crippen molar-refractivity contribution in [1.29, 1.82) is 0 Å². The molecule has 3 rings (SSSR count). The summed E-state index contributed by atoms with van der Waals surface area (Å²) < 4.78 is 10.3. The first-order valence-electron chi connectivity index (χ1n) is 8.69. The van der Waals surface area contributed by atoms with Crippen LogP contribution in [0.25, 0.3) is 0 Å². The first kappa shape index (κ1) is 19.6. The number of methoxy groups -OCH3 is 1. The zero-order valence-corrected chi connectivity index (χ0v) is 15.5. The summed E-state index contributed by atoms with van der Waals surface area (Å²) in [6, 6.07) is 21.9. The lowest BCUT2D eigenvalue weighted by Gasteiger charge is -2.09. The van der Waals surface area contributed by atoms with Gasteiger partial charge in [-0.15, -0.1) is 0 Å². The molecule has 3 aromatic carbocycles. The van der Waals surface area contributed by atoms with E-state index in [0.29, 0.717) is 28.4 Å². The molecule has 0 bridgehead atoms. The highest BCUT2D eigenvalue weighted by Crippen LogP contribution is 2.22. The summed E-state index contributed by atoms with van der Waals surface area (Å²) in [5, 5.41) is 4.97. The maximum atomic E-state index is 12.1. The van der Waals surface area contributed by atoms with E-state index in [1.54, 1.807) is 24.3 Å². The number of hydrogen-bond donors (Lipinski definition) is 2. The van der Waals surface area contributed by atoms with Gasteiger partial charge < -0.3 is 20.1 Å². The molecular weight excluding hydrogens is 372 g/mol. The quantitative estimate of drug-likeness (QED) is 0.510. The highest BCUT2D eigenvalue weighted by molar-refractivity contribution is 6.43. The van der Waals surface area contributed by atoms with Gasteiger partial charge in [0.05, 0.1) is 12.7 Å². The van der Waals surface area contributed by atoms with Gasteiger partial charge in [-0.3, -0.25) is 9.59 Å². The van der Waals surface area contributed by atoms with Crippen molar-refractivity contribution in [3.8, 4) is 11.5 Å². The van der Waals surface area contributed by atoms with Crippen LogP contribution in [0.3, 0.4) is 0 Å². The molecule has 0 aliphatic rings. The Morgan fingerprint density at radius 2 is 1.14 bits per heavy atom. The van der Waals surface area contributed by atoms with Crippen LogP contribution < -0.4 is 15.4 Å². The molecule has 0 unspecified atom stereocenters. The lowest BCUT2D eigenvalue weighted by atomic mass is 10.2. The molecule has 0 fully saturated rings. The molecule has 0 aromatic heterocycles. The molecule has 0 heterocycles. The average molecular weight is 390 g/mol. The van der Waals surface area contributed by atoms with Crippen LogP contribution in [0.1, 0.15) is 10.4 Å². The molecule has 0 radical (unpaired) electrons. The minimum absolute atomic E-state index is 0.341. The predicted octanol–water partition coefficient (Wildman–Crippen LogP) is 3.84. The maximum absolute atomic E-state index is 12.1. The van der Waals surface area contributed by atoms with Gasteiger partial charge in [-0.1, -0.05) is 18.2 Å². The number of ether oxygens (including phenoxy) is 2. The summed E-state index contributed by atoms with van der Waals surface area (Å²) in [4.78, 5) is 35.5. The SMILES string of the molecule is COC(=O)c1ccc(NC(=O)C(=O)Nc2ccc(Oc3ccccc3)cc2)cc1. The van der Waals surface area contributed by atoms with E-state index >= 15 is 0 Å². The zero-order chi connectivity index (χ0) is 20.6. The Balaban J connectivity index is 1.55. The Kier molecular flexibility index (Phi) is 6.22. The summed E-state index contributed by atoms with van der Waals surface area (Å²) in [7, 11) is 1.28. The number of rotatable bonds is 5. The van der Waals surface area contributed by atoms with Gasteiger partial charge in [-0.2, -0.15) is 0 Å². The Morgan fingerprint density at radius 3 is 1.66 bits per heavy atom. The number of hydrogen-bond acceptors (Lipinski definition) is 5. The van der Waals surface area contributed by atoms with Crippen molar-refractivity contribution in [2.24, 2.45) is 0 Å². The number of anilines is 2.